The molecule has 1 N–H and O–H groups in total. The molecular weight excluding hydrogens is 208 g/mol. The van der Waals surface area contributed by atoms with Gasteiger partial charge in [0.1, 0.15) is 6.61 Å². The van der Waals surface area contributed by atoms with E-state index >= 15 is 0 Å². The van der Waals surface area contributed by atoms with Crippen molar-refractivity contribution in [2.45, 2.75) is 11.9 Å². The van der Waals surface area contributed by atoms with Gasteiger partial charge in [0.15, 0.2) is 5.82 Å². The lowest BCUT2D eigenvalue weighted by Crippen LogP contribution is -2.08. The minimum atomic E-state index is -0.169. The third kappa shape index (κ3) is 2.18. The normalized spacial score (nSPS) is 23.3. The minimum absolute atomic E-state index is 0.169. The van der Waals surface area contributed by atoms with E-state index in [1.165, 1.54) is 5.75 Å². The fourth-order valence-electron chi connectivity index (χ4n) is 1.10. The molecule has 1 aromatic rings. The molecule has 0 radical (unpaired) electrons. The summed E-state index contributed by atoms with van der Waals surface area (Å²) >= 11 is 3.76. The van der Waals surface area contributed by atoms with Gasteiger partial charge in [-0.3, -0.25) is 0 Å². The molecule has 2 heterocycles. The maximum absolute atomic E-state index is 8.74. The van der Waals surface area contributed by atoms with Crippen LogP contribution in [0.5, 0.6) is 0 Å². The lowest BCUT2D eigenvalue weighted by Gasteiger charge is -2.16. The summed E-state index contributed by atoms with van der Waals surface area (Å²) < 4.78 is 4.83. The molecule has 1 aromatic heterocycles. The Morgan fingerprint density at radius 3 is 3.08 bits per heavy atom. The summed E-state index contributed by atoms with van der Waals surface area (Å²) in [4.78, 5) is 4.09. The second-order valence-electron chi connectivity index (χ2n) is 2.64. The maximum atomic E-state index is 8.74. The zero-order valence-electron chi connectivity index (χ0n) is 6.97. The number of hydrogen-bond donors (Lipinski definition) is 1. The lowest BCUT2D eigenvalue weighted by molar-refractivity contribution is 0.222. The van der Waals surface area contributed by atoms with Gasteiger partial charge in [-0.1, -0.05) is 5.16 Å². The first-order valence-corrected chi connectivity index (χ1v) is 6.23. The van der Waals surface area contributed by atoms with Gasteiger partial charge < -0.3 is 9.63 Å². The summed E-state index contributed by atoms with van der Waals surface area (Å²) in [6.07, 6.45) is 0. The molecule has 1 atom stereocenters. The first kappa shape index (κ1) is 9.36. The van der Waals surface area contributed by atoms with Gasteiger partial charge in [-0.15, -0.1) is 11.8 Å². The van der Waals surface area contributed by atoms with E-state index in [1.54, 1.807) is 0 Å². The Balaban J connectivity index is 2.05. The molecule has 13 heavy (non-hydrogen) atoms. The van der Waals surface area contributed by atoms with E-state index < -0.39 is 0 Å². The largest absolute Gasteiger partial charge is 0.387 e. The Kier molecular flexibility index (Phi) is 3.13. The zero-order valence-corrected chi connectivity index (χ0v) is 8.61. The third-order valence-corrected chi connectivity index (χ3v) is 4.47. The molecule has 0 saturated carbocycles. The molecule has 72 valence electrons. The smallest absolute Gasteiger partial charge is 0.252 e. The zero-order chi connectivity index (χ0) is 9.10. The highest BCUT2D eigenvalue weighted by molar-refractivity contribution is 8.06. The van der Waals surface area contributed by atoms with Crippen LogP contribution in [0.4, 0.5) is 0 Å². The number of aliphatic hydroxyl groups is 1. The van der Waals surface area contributed by atoms with Gasteiger partial charge in [0.2, 0.25) is 0 Å². The summed E-state index contributed by atoms with van der Waals surface area (Å²) in [6.45, 7) is -0.169. The molecule has 0 amide bonds. The van der Waals surface area contributed by atoms with E-state index in [4.69, 9.17) is 9.63 Å². The Hall–Kier alpha value is -0.200. The molecule has 1 aliphatic heterocycles. The Bertz CT molecular complexity index is 273. The fraction of sp³-hybridized carbons (Fsp3) is 0.714. The van der Waals surface area contributed by atoms with Crippen molar-refractivity contribution in [3.05, 3.63) is 11.7 Å². The van der Waals surface area contributed by atoms with E-state index in [1.807, 2.05) is 23.5 Å². The van der Waals surface area contributed by atoms with Crippen LogP contribution in [0.15, 0.2) is 4.52 Å². The summed E-state index contributed by atoms with van der Waals surface area (Å²) in [5.41, 5.74) is 0. The van der Waals surface area contributed by atoms with Crippen molar-refractivity contribution >= 4 is 23.5 Å². The van der Waals surface area contributed by atoms with Crippen molar-refractivity contribution in [1.82, 2.24) is 10.1 Å². The van der Waals surface area contributed by atoms with Gasteiger partial charge in [-0.25, -0.2) is 0 Å². The average Bonchev–Trinajstić information content (AvgIpc) is 2.67. The van der Waals surface area contributed by atoms with Crippen LogP contribution in [0.1, 0.15) is 17.0 Å². The molecule has 0 spiro atoms. The van der Waals surface area contributed by atoms with Crippen LogP contribution in [-0.4, -0.2) is 32.5 Å². The van der Waals surface area contributed by atoms with Crippen LogP contribution in [0.25, 0.3) is 0 Å². The maximum Gasteiger partial charge on any atom is 0.252 e. The van der Waals surface area contributed by atoms with Crippen molar-refractivity contribution in [3.8, 4) is 0 Å². The molecule has 0 bridgehead atoms. The van der Waals surface area contributed by atoms with Crippen LogP contribution in [0.2, 0.25) is 0 Å². The summed E-state index contributed by atoms with van der Waals surface area (Å²) in [6, 6.07) is 0. The highest BCUT2D eigenvalue weighted by Gasteiger charge is 2.21. The third-order valence-electron chi connectivity index (χ3n) is 1.72. The van der Waals surface area contributed by atoms with Gasteiger partial charge in [-0.2, -0.15) is 16.7 Å². The molecule has 6 heteroatoms. The van der Waals surface area contributed by atoms with Gasteiger partial charge >= 0.3 is 0 Å². The Labute approximate surface area is 84.5 Å². The SMILES string of the molecule is OCc1nc(C2CSCCS2)no1. The van der Waals surface area contributed by atoms with Crippen molar-refractivity contribution in [2.24, 2.45) is 0 Å². The second-order valence-corrected chi connectivity index (χ2v) is 5.10. The number of thioether (sulfide) groups is 2. The topological polar surface area (TPSA) is 59.2 Å². The highest BCUT2D eigenvalue weighted by atomic mass is 32.2. The standard InChI is InChI=1S/C7H10N2O2S2/c10-3-6-8-7(9-11-6)5-4-12-1-2-13-5/h5,10H,1-4H2. The van der Waals surface area contributed by atoms with E-state index in [2.05, 4.69) is 10.1 Å². The van der Waals surface area contributed by atoms with E-state index in [-0.39, 0.29) is 6.61 Å². The number of aromatic nitrogens is 2. The minimum Gasteiger partial charge on any atom is -0.387 e. The molecule has 1 fully saturated rings. The fourth-order valence-corrected chi connectivity index (χ4v) is 3.69. The van der Waals surface area contributed by atoms with Crippen molar-refractivity contribution in [2.75, 3.05) is 17.3 Å². The van der Waals surface area contributed by atoms with Crippen LogP contribution in [0, 0.1) is 0 Å². The van der Waals surface area contributed by atoms with Crippen LogP contribution >= 0.6 is 23.5 Å². The van der Waals surface area contributed by atoms with Crippen molar-refractivity contribution in [1.29, 1.82) is 0 Å². The molecule has 1 unspecified atom stereocenters. The van der Waals surface area contributed by atoms with Crippen LogP contribution in [0.3, 0.4) is 0 Å². The first-order valence-electron chi connectivity index (χ1n) is 4.03. The first-order chi connectivity index (χ1) is 6.40. The van der Waals surface area contributed by atoms with Crippen molar-refractivity contribution < 1.29 is 9.63 Å². The summed E-state index contributed by atoms with van der Waals surface area (Å²) in [7, 11) is 0. The molecule has 0 aliphatic carbocycles. The monoisotopic (exact) mass is 218 g/mol. The summed E-state index contributed by atoms with van der Waals surface area (Å²) in [5.74, 6) is 4.41. The molecule has 1 aliphatic rings. The predicted octanol–water partition coefficient (Wildman–Crippen LogP) is 1.08. The second kappa shape index (κ2) is 4.34. The molecule has 0 aromatic carbocycles. The quantitative estimate of drug-likeness (QED) is 0.801. The molecule has 1 saturated heterocycles. The van der Waals surface area contributed by atoms with E-state index in [9.17, 15) is 0 Å². The van der Waals surface area contributed by atoms with Gasteiger partial charge in [0, 0.05) is 17.3 Å². The Morgan fingerprint density at radius 1 is 1.54 bits per heavy atom. The van der Waals surface area contributed by atoms with Gasteiger partial charge in [-0.05, 0) is 0 Å². The number of rotatable bonds is 2. The van der Waals surface area contributed by atoms with Crippen LogP contribution in [-0.2, 0) is 6.61 Å². The summed E-state index contributed by atoms with van der Waals surface area (Å²) in [5, 5.41) is 12.9. The molecule has 4 nitrogen and oxygen atoms in total. The highest BCUT2D eigenvalue weighted by Crippen LogP contribution is 2.34. The van der Waals surface area contributed by atoms with Gasteiger partial charge in [0.05, 0.1) is 5.25 Å². The lowest BCUT2D eigenvalue weighted by atomic mass is 10.4. The number of hydrogen-bond acceptors (Lipinski definition) is 6. The van der Waals surface area contributed by atoms with Crippen molar-refractivity contribution in [3.63, 3.8) is 0 Å². The predicted molar refractivity (Wildman–Crippen MR) is 52.7 cm³/mol. The molecule has 2 rings (SSSR count). The van der Waals surface area contributed by atoms with E-state index in [0.29, 0.717) is 11.1 Å². The number of nitrogens with zero attached hydrogens (tertiary/aromatic N) is 2. The van der Waals surface area contributed by atoms with Crippen LogP contribution < -0.4 is 0 Å². The van der Waals surface area contributed by atoms with Gasteiger partial charge in [0.25, 0.3) is 5.89 Å². The van der Waals surface area contributed by atoms with E-state index in [0.717, 1.165) is 17.3 Å². The Morgan fingerprint density at radius 2 is 2.46 bits per heavy atom. The molecular formula is C7H10N2O2S2. The average molecular weight is 218 g/mol. The number of aliphatic hydroxyl groups excluding tert-OH is 1.